The van der Waals surface area contributed by atoms with Gasteiger partial charge in [-0.3, -0.25) is 4.79 Å². The molecule has 0 radical (unpaired) electrons. The zero-order valence-corrected chi connectivity index (χ0v) is 8.75. The van der Waals surface area contributed by atoms with Crippen LogP contribution in [0.3, 0.4) is 0 Å². The topological polar surface area (TPSA) is 87.7 Å². The Hall–Kier alpha value is -1.75. The number of carbonyl (C=O) groups excluding carboxylic acids is 1. The predicted molar refractivity (Wildman–Crippen MR) is 58.2 cm³/mol. The number of aryl methyl sites for hydroxylation is 1. The van der Waals surface area contributed by atoms with Gasteiger partial charge in [0.05, 0.1) is 0 Å². The highest BCUT2D eigenvalue weighted by Crippen LogP contribution is 2.19. The van der Waals surface area contributed by atoms with Crippen molar-refractivity contribution in [1.82, 2.24) is 0 Å². The third kappa shape index (κ3) is 2.85. The number of oxime groups is 1. The molecule has 0 aliphatic carbocycles. The average Bonchev–Trinajstić information content (AvgIpc) is 2.22. The number of carbonyl (C=O) groups is 1. The van der Waals surface area contributed by atoms with Gasteiger partial charge in [0.25, 0.3) is 5.91 Å². The molecule has 1 amide bonds. The van der Waals surface area contributed by atoms with Crippen molar-refractivity contribution < 1.29 is 10.0 Å². The molecule has 0 unspecified atom stereocenters. The van der Waals surface area contributed by atoms with Crippen LogP contribution in [0.15, 0.2) is 23.4 Å². The number of amides is 1. The second-order valence-corrected chi connectivity index (χ2v) is 3.31. The van der Waals surface area contributed by atoms with E-state index in [1.165, 1.54) is 0 Å². The molecule has 1 aromatic carbocycles. The van der Waals surface area contributed by atoms with E-state index in [9.17, 15) is 4.79 Å². The van der Waals surface area contributed by atoms with Crippen LogP contribution in [0.4, 0.5) is 5.69 Å². The third-order valence-electron chi connectivity index (χ3n) is 1.77. The number of halogens is 1. The Balaban J connectivity index is 2.82. The standard InChI is InChI=1S/C9H10ClN3O2/c1-5-2-3-6(4-7(5)10)12-9(14)8(11)13-15/h2-4,15H,1H3,(H2,11,13)(H,12,14). The van der Waals surface area contributed by atoms with Crippen molar-refractivity contribution in [3.05, 3.63) is 28.8 Å². The van der Waals surface area contributed by atoms with E-state index < -0.39 is 11.7 Å². The molecule has 4 N–H and O–H groups in total. The molecule has 0 fully saturated rings. The van der Waals surface area contributed by atoms with E-state index in [0.29, 0.717) is 10.7 Å². The van der Waals surface area contributed by atoms with Crippen molar-refractivity contribution in [1.29, 1.82) is 0 Å². The Morgan fingerprint density at radius 3 is 2.80 bits per heavy atom. The number of amidine groups is 1. The molecule has 0 saturated heterocycles. The highest BCUT2D eigenvalue weighted by molar-refractivity contribution is 6.41. The number of anilines is 1. The van der Waals surface area contributed by atoms with Crippen LogP contribution in [0.25, 0.3) is 0 Å². The van der Waals surface area contributed by atoms with Gasteiger partial charge in [-0.2, -0.15) is 0 Å². The summed E-state index contributed by atoms with van der Waals surface area (Å²) in [4.78, 5) is 11.2. The fourth-order valence-electron chi connectivity index (χ4n) is 0.911. The molecule has 1 aromatic rings. The summed E-state index contributed by atoms with van der Waals surface area (Å²) in [5.74, 6) is -1.19. The monoisotopic (exact) mass is 227 g/mol. The van der Waals surface area contributed by atoms with Crippen LogP contribution in [-0.4, -0.2) is 17.0 Å². The summed E-state index contributed by atoms with van der Waals surface area (Å²) >= 11 is 5.85. The maximum absolute atomic E-state index is 11.2. The SMILES string of the molecule is Cc1ccc(NC(=O)/C(N)=N\O)cc1Cl. The van der Waals surface area contributed by atoms with Gasteiger partial charge in [0.15, 0.2) is 0 Å². The summed E-state index contributed by atoms with van der Waals surface area (Å²) in [6.45, 7) is 1.84. The number of nitrogens with zero attached hydrogens (tertiary/aromatic N) is 1. The number of nitrogens with one attached hydrogen (secondary N) is 1. The van der Waals surface area contributed by atoms with Crippen LogP contribution in [0, 0.1) is 6.92 Å². The molecule has 0 saturated carbocycles. The molecule has 0 aromatic heterocycles. The van der Waals surface area contributed by atoms with Gasteiger partial charge in [-0.05, 0) is 24.6 Å². The first kappa shape index (κ1) is 11.3. The molecule has 0 atom stereocenters. The summed E-state index contributed by atoms with van der Waals surface area (Å²) in [7, 11) is 0. The van der Waals surface area contributed by atoms with E-state index >= 15 is 0 Å². The largest absolute Gasteiger partial charge is 0.409 e. The Labute approximate surface area is 91.5 Å². The zero-order chi connectivity index (χ0) is 11.4. The van der Waals surface area contributed by atoms with Crippen LogP contribution in [-0.2, 0) is 4.79 Å². The molecule has 0 heterocycles. The van der Waals surface area contributed by atoms with Crippen molar-refractivity contribution in [3.8, 4) is 0 Å². The number of hydrogen-bond donors (Lipinski definition) is 3. The first-order chi connectivity index (χ1) is 7.04. The van der Waals surface area contributed by atoms with Gasteiger partial charge >= 0.3 is 0 Å². The number of benzene rings is 1. The van der Waals surface area contributed by atoms with Gasteiger partial charge in [-0.1, -0.05) is 22.8 Å². The van der Waals surface area contributed by atoms with Gasteiger partial charge in [0.1, 0.15) is 0 Å². The molecule has 6 heteroatoms. The fraction of sp³-hybridized carbons (Fsp3) is 0.111. The van der Waals surface area contributed by atoms with E-state index in [2.05, 4.69) is 10.5 Å². The third-order valence-corrected chi connectivity index (χ3v) is 2.18. The second kappa shape index (κ2) is 4.65. The lowest BCUT2D eigenvalue weighted by Gasteiger charge is -2.05. The summed E-state index contributed by atoms with van der Waals surface area (Å²) < 4.78 is 0. The molecule has 0 spiro atoms. The summed E-state index contributed by atoms with van der Waals surface area (Å²) in [5.41, 5.74) is 6.48. The molecule has 0 aliphatic rings. The van der Waals surface area contributed by atoms with Crippen LogP contribution >= 0.6 is 11.6 Å². The molecule has 15 heavy (non-hydrogen) atoms. The Bertz CT molecular complexity index is 418. The second-order valence-electron chi connectivity index (χ2n) is 2.90. The van der Waals surface area contributed by atoms with E-state index in [1.807, 2.05) is 6.92 Å². The van der Waals surface area contributed by atoms with Crippen LogP contribution in [0.5, 0.6) is 0 Å². The minimum Gasteiger partial charge on any atom is -0.409 e. The first-order valence-electron chi connectivity index (χ1n) is 4.09. The number of rotatable bonds is 1. The fourth-order valence-corrected chi connectivity index (χ4v) is 1.09. The average molecular weight is 228 g/mol. The Kier molecular flexibility index (Phi) is 3.51. The lowest BCUT2D eigenvalue weighted by molar-refractivity contribution is -0.110. The minimum atomic E-state index is -0.683. The van der Waals surface area contributed by atoms with Gasteiger partial charge < -0.3 is 16.3 Å². The molecule has 0 bridgehead atoms. The normalized spacial score (nSPS) is 11.2. The molecule has 1 rings (SSSR count). The summed E-state index contributed by atoms with van der Waals surface area (Å²) in [6.07, 6.45) is 0. The predicted octanol–water partition coefficient (Wildman–Crippen LogP) is 1.33. The van der Waals surface area contributed by atoms with Crippen molar-refractivity contribution in [2.75, 3.05) is 5.32 Å². The molecule has 80 valence electrons. The molecule has 5 nitrogen and oxygen atoms in total. The van der Waals surface area contributed by atoms with E-state index in [-0.39, 0.29) is 0 Å². The smallest absolute Gasteiger partial charge is 0.294 e. The van der Waals surface area contributed by atoms with Crippen LogP contribution in [0.2, 0.25) is 5.02 Å². The van der Waals surface area contributed by atoms with E-state index in [4.69, 9.17) is 22.5 Å². The van der Waals surface area contributed by atoms with Crippen molar-refractivity contribution in [3.63, 3.8) is 0 Å². The first-order valence-corrected chi connectivity index (χ1v) is 4.47. The summed E-state index contributed by atoms with van der Waals surface area (Å²) in [6, 6.07) is 5.01. The quantitative estimate of drug-likeness (QED) is 0.293. The van der Waals surface area contributed by atoms with Crippen LogP contribution in [0.1, 0.15) is 5.56 Å². The summed E-state index contributed by atoms with van der Waals surface area (Å²) in [5, 5.41) is 13.8. The number of nitrogens with two attached hydrogens (primary N) is 1. The van der Waals surface area contributed by atoms with Gasteiger partial charge in [0, 0.05) is 10.7 Å². The van der Waals surface area contributed by atoms with Gasteiger partial charge in [0.2, 0.25) is 5.84 Å². The maximum Gasteiger partial charge on any atom is 0.294 e. The Morgan fingerprint density at radius 2 is 2.27 bits per heavy atom. The van der Waals surface area contributed by atoms with Gasteiger partial charge in [-0.25, -0.2) is 0 Å². The molecule has 0 aliphatic heterocycles. The lowest BCUT2D eigenvalue weighted by Crippen LogP contribution is -2.30. The van der Waals surface area contributed by atoms with Gasteiger partial charge in [-0.15, -0.1) is 0 Å². The lowest BCUT2D eigenvalue weighted by atomic mass is 10.2. The van der Waals surface area contributed by atoms with Crippen molar-refractivity contribution >= 4 is 29.0 Å². The maximum atomic E-state index is 11.2. The highest BCUT2D eigenvalue weighted by Gasteiger charge is 2.08. The van der Waals surface area contributed by atoms with Crippen LogP contribution < -0.4 is 11.1 Å². The van der Waals surface area contributed by atoms with Crippen molar-refractivity contribution in [2.24, 2.45) is 10.9 Å². The Morgan fingerprint density at radius 1 is 1.60 bits per heavy atom. The van der Waals surface area contributed by atoms with E-state index in [1.54, 1.807) is 18.2 Å². The van der Waals surface area contributed by atoms with Crippen molar-refractivity contribution in [2.45, 2.75) is 6.92 Å². The zero-order valence-electron chi connectivity index (χ0n) is 7.99. The highest BCUT2D eigenvalue weighted by atomic mass is 35.5. The molecular formula is C9H10ClN3O2. The number of hydrogen-bond acceptors (Lipinski definition) is 3. The minimum absolute atomic E-state index is 0.488. The molecular weight excluding hydrogens is 218 g/mol. The van der Waals surface area contributed by atoms with E-state index in [0.717, 1.165) is 5.56 Å².